The molecule has 0 radical (unpaired) electrons. The van der Waals surface area contributed by atoms with E-state index in [4.69, 9.17) is 23.7 Å². The number of nitrogens with zero attached hydrogens (tertiary/aromatic N) is 4. The third kappa shape index (κ3) is 17.7. The van der Waals surface area contributed by atoms with Gasteiger partial charge in [-0.2, -0.15) is 0 Å². The summed E-state index contributed by atoms with van der Waals surface area (Å²) in [4.78, 5) is 116. The van der Waals surface area contributed by atoms with Crippen molar-refractivity contribution >= 4 is 71.2 Å². The van der Waals surface area contributed by atoms with Crippen molar-refractivity contribution in [3.63, 3.8) is 0 Å². The van der Waals surface area contributed by atoms with E-state index in [1.54, 1.807) is 88.7 Å². The fourth-order valence-corrected chi connectivity index (χ4v) is 13.8. The number of likely N-dealkylation sites (N-methyl/N-ethyl adjacent to an activating group) is 2. The Hall–Kier alpha value is -5.62. The number of nitrogens with one attached hydrogen (secondary N) is 4. The first-order chi connectivity index (χ1) is 38.9. The number of hydrogen-bond donors (Lipinski definition) is 4. The second kappa shape index (κ2) is 28.5. The normalized spacial score (nSPS) is 23.6. The monoisotopic (exact) mass is 1190 g/mol. The first kappa shape index (κ1) is 66.5. The third-order valence-electron chi connectivity index (χ3n) is 15.4. The molecule has 4 N–H and O–H groups in total. The molecule has 8 amide bonds. The second-order valence-electron chi connectivity index (χ2n) is 25.3. The predicted molar refractivity (Wildman–Crippen MR) is 318 cm³/mol. The van der Waals surface area contributed by atoms with E-state index in [0.29, 0.717) is 37.2 Å². The summed E-state index contributed by atoms with van der Waals surface area (Å²) in [5, 5.41) is 11.6. The van der Waals surface area contributed by atoms with Gasteiger partial charge in [0.1, 0.15) is 47.5 Å². The van der Waals surface area contributed by atoms with E-state index in [9.17, 15) is 38.4 Å². The van der Waals surface area contributed by atoms with Gasteiger partial charge in [-0.1, -0.05) is 88.4 Å². The molecule has 0 spiro atoms. The van der Waals surface area contributed by atoms with Crippen LogP contribution in [0.2, 0.25) is 0 Å². The van der Waals surface area contributed by atoms with Crippen LogP contribution in [-0.2, 0) is 52.5 Å². The van der Waals surface area contributed by atoms with Crippen LogP contribution in [0.3, 0.4) is 0 Å². The number of carbonyl (C=O) groups excluding carboxylic acids is 8. The van der Waals surface area contributed by atoms with Gasteiger partial charge in [0.25, 0.3) is 0 Å². The zero-order chi connectivity index (χ0) is 61.2. The summed E-state index contributed by atoms with van der Waals surface area (Å²) in [5.74, 6) is -1.25. The average molecular weight is 1200 g/mol. The third-order valence-corrected chi connectivity index (χ3v) is 17.9. The summed E-state index contributed by atoms with van der Waals surface area (Å²) in [6, 6.07) is 12.4. The molecule has 6 rings (SSSR count). The molecule has 0 aromatic heterocycles. The van der Waals surface area contributed by atoms with Gasteiger partial charge in [-0.15, -0.1) is 23.5 Å². The van der Waals surface area contributed by atoms with Crippen LogP contribution in [0.15, 0.2) is 60.7 Å². The SMILES string of the molecule is C[C@@H](C(=O)N[C@H]1CCS[C@H]2CC(C)(C)[C@@H](C(=O)N[C@H](COCCOCCOC[C@@H](NC(=O)[C@H]3N4C(=O)[C@@H](NC(=O)[C@H](C)N(C)C(=O)OC(C)(C)C)CCS[C@H]4CC3(C)C)c3ccccc3)c3ccccc3)N2C1=O)N(C)C(=O)OC(C)(C)C. The van der Waals surface area contributed by atoms with Crippen molar-refractivity contribution in [1.82, 2.24) is 40.9 Å². The van der Waals surface area contributed by atoms with Gasteiger partial charge in [-0.3, -0.25) is 38.6 Å². The lowest BCUT2D eigenvalue weighted by molar-refractivity contribution is -0.144. The van der Waals surface area contributed by atoms with Crippen molar-refractivity contribution in [3.05, 3.63) is 71.8 Å². The molecule has 0 bridgehead atoms. The molecule has 2 aromatic rings. The lowest BCUT2D eigenvalue weighted by Crippen LogP contribution is -2.58. The molecule has 4 aliphatic rings. The summed E-state index contributed by atoms with van der Waals surface area (Å²) in [5.41, 5.74) is -1.12. The minimum atomic E-state index is -0.929. The highest BCUT2D eigenvalue weighted by atomic mass is 32.2. The van der Waals surface area contributed by atoms with E-state index < -0.39 is 94.4 Å². The Morgan fingerprint density at radius 2 is 0.916 bits per heavy atom. The number of thioether (sulfide) groups is 2. The lowest BCUT2D eigenvalue weighted by atomic mass is 9.83. The Kier molecular flexibility index (Phi) is 22.8. The minimum absolute atomic E-state index is 0.108. The molecule has 4 fully saturated rings. The molecule has 83 heavy (non-hydrogen) atoms. The van der Waals surface area contributed by atoms with Gasteiger partial charge < -0.3 is 54.8 Å². The summed E-state index contributed by atoms with van der Waals surface area (Å²) in [6.07, 6.45) is 0.524. The molecule has 460 valence electrons. The van der Waals surface area contributed by atoms with Crippen LogP contribution in [0.1, 0.15) is 132 Å². The minimum Gasteiger partial charge on any atom is -0.444 e. The summed E-state index contributed by atoms with van der Waals surface area (Å²) in [7, 11) is 2.95. The van der Waals surface area contributed by atoms with E-state index in [0.717, 1.165) is 11.1 Å². The van der Waals surface area contributed by atoms with Gasteiger partial charge in [-0.25, -0.2) is 9.59 Å². The molecular weight excluding hydrogens is 1100 g/mol. The molecule has 2 aromatic carbocycles. The zero-order valence-electron chi connectivity index (χ0n) is 50.9. The number of benzene rings is 2. The summed E-state index contributed by atoms with van der Waals surface area (Å²) < 4.78 is 29.1. The number of amides is 8. The zero-order valence-corrected chi connectivity index (χ0v) is 52.6. The number of rotatable bonds is 22. The van der Waals surface area contributed by atoms with Crippen LogP contribution < -0.4 is 21.3 Å². The molecule has 10 atom stereocenters. The van der Waals surface area contributed by atoms with Crippen LogP contribution in [0, 0.1) is 10.8 Å². The van der Waals surface area contributed by atoms with Gasteiger partial charge in [0, 0.05) is 14.1 Å². The van der Waals surface area contributed by atoms with Crippen molar-refractivity contribution in [2.75, 3.05) is 65.2 Å². The first-order valence-electron chi connectivity index (χ1n) is 28.7. The molecule has 4 saturated heterocycles. The summed E-state index contributed by atoms with van der Waals surface area (Å²) >= 11 is 3.18. The van der Waals surface area contributed by atoms with Crippen molar-refractivity contribution in [2.45, 2.75) is 179 Å². The lowest BCUT2D eigenvalue weighted by Gasteiger charge is -2.35. The van der Waals surface area contributed by atoms with Gasteiger partial charge in [0.2, 0.25) is 35.4 Å². The summed E-state index contributed by atoms with van der Waals surface area (Å²) in [6.45, 7) is 22.5. The van der Waals surface area contributed by atoms with Gasteiger partial charge in [0.15, 0.2) is 0 Å². The van der Waals surface area contributed by atoms with E-state index in [1.165, 1.54) is 23.9 Å². The Bertz CT molecular complexity index is 2410. The van der Waals surface area contributed by atoms with Gasteiger partial charge >= 0.3 is 12.2 Å². The predicted octanol–water partition coefficient (Wildman–Crippen LogP) is 6.41. The molecular formula is C60H90N8O13S2. The Morgan fingerprint density at radius 1 is 0.578 bits per heavy atom. The maximum Gasteiger partial charge on any atom is 0.410 e. The molecule has 4 heterocycles. The number of fused-ring (bicyclic) bond motifs is 2. The molecule has 0 unspecified atom stereocenters. The van der Waals surface area contributed by atoms with Crippen LogP contribution in [0.25, 0.3) is 0 Å². The van der Waals surface area contributed by atoms with Crippen LogP contribution in [0.5, 0.6) is 0 Å². The number of hydrogen-bond acceptors (Lipinski definition) is 15. The largest absolute Gasteiger partial charge is 0.444 e. The highest BCUT2D eigenvalue weighted by Crippen LogP contribution is 2.48. The Morgan fingerprint density at radius 3 is 1.25 bits per heavy atom. The highest BCUT2D eigenvalue weighted by molar-refractivity contribution is 8.00. The van der Waals surface area contributed by atoms with Crippen LogP contribution >= 0.6 is 23.5 Å². The smallest absolute Gasteiger partial charge is 0.410 e. The van der Waals surface area contributed by atoms with E-state index >= 15 is 0 Å². The average Bonchev–Trinajstić information content (AvgIpc) is 1.91. The van der Waals surface area contributed by atoms with Crippen LogP contribution in [0.4, 0.5) is 9.59 Å². The Labute approximate surface area is 498 Å². The van der Waals surface area contributed by atoms with E-state index in [-0.39, 0.29) is 74.0 Å². The maximum absolute atomic E-state index is 14.6. The fraction of sp³-hybridized carbons (Fsp3) is 0.667. The fourth-order valence-electron chi connectivity index (χ4n) is 10.7. The van der Waals surface area contributed by atoms with Crippen LogP contribution in [-0.4, -0.2) is 191 Å². The molecule has 21 nitrogen and oxygen atoms in total. The number of carbonyl (C=O) groups is 8. The molecule has 0 aliphatic carbocycles. The molecule has 0 saturated carbocycles. The highest BCUT2D eigenvalue weighted by Gasteiger charge is 2.56. The Balaban J connectivity index is 1.01. The van der Waals surface area contributed by atoms with Crippen molar-refractivity contribution in [2.24, 2.45) is 10.8 Å². The van der Waals surface area contributed by atoms with Gasteiger partial charge in [0.05, 0.1) is 62.5 Å². The van der Waals surface area contributed by atoms with Gasteiger partial charge in [-0.05, 0) is 115 Å². The number of ether oxygens (including phenoxy) is 5. The van der Waals surface area contributed by atoms with Crippen molar-refractivity contribution in [1.29, 1.82) is 0 Å². The standard InChI is InChI=1S/C60H90N8O13S2/c1-37(65(13)55(75)80-57(3,4)5)49(69)61-41-25-31-82-45-33-59(9,10)47(67(45)53(41)73)51(71)63-43(39-21-17-15-18-22-39)35-78-29-27-77-28-30-79-36-44(40-23-19-16-20-24-40)64-52(72)48-60(11,12)34-46-68(48)54(74)42(26-32-83-46)62-50(70)38(2)66(14)56(76)81-58(6,7)8/h15-24,37-38,41-48H,25-36H2,1-14H3,(H,61,69)(H,62,70)(H,63,71)(H,64,72)/t37-,38-,41-,42-,43+,44+,45-,46-,47+,48+/m0/s1. The van der Waals surface area contributed by atoms with Crippen molar-refractivity contribution in [3.8, 4) is 0 Å². The topological polar surface area (TPSA) is 244 Å². The van der Waals surface area contributed by atoms with E-state index in [2.05, 4.69) is 21.3 Å². The first-order valence-corrected chi connectivity index (χ1v) is 30.8. The quantitative estimate of drug-likeness (QED) is 0.0931. The second-order valence-corrected chi connectivity index (χ2v) is 27.8. The molecule has 4 aliphatic heterocycles. The van der Waals surface area contributed by atoms with Crippen molar-refractivity contribution < 1.29 is 62.0 Å². The van der Waals surface area contributed by atoms with E-state index in [1.807, 2.05) is 88.4 Å². The molecule has 23 heteroatoms. The maximum atomic E-state index is 14.6.